The molecule has 1 amide bonds. The quantitative estimate of drug-likeness (QED) is 0.268. The number of hydrazone groups is 1. The SMILES string of the molecule is O=C(NN=Cc1ccccc1)c1ccc(CSc2nc3ccccc3s2)cc1. The number of benzene rings is 3. The molecular weight excluding hydrogens is 386 g/mol. The molecule has 1 N–H and O–H groups in total. The minimum atomic E-state index is -0.224. The first-order valence-electron chi connectivity index (χ1n) is 8.74. The molecule has 4 nitrogen and oxygen atoms in total. The highest BCUT2D eigenvalue weighted by molar-refractivity contribution is 8.00. The van der Waals surface area contributed by atoms with Crippen molar-refractivity contribution in [1.82, 2.24) is 10.4 Å². The van der Waals surface area contributed by atoms with Gasteiger partial charge in [-0.3, -0.25) is 4.79 Å². The number of nitrogens with zero attached hydrogens (tertiary/aromatic N) is 2. The summed E-state index contributed by atoms with van der Waals surface area (Å²) in [5.41, 5.74) is 6.26. The Morgan fingerprint density at radius 2 is 1.75 bits per heavy atom. The lowest BCUT2D eigenvalue weighted by Crippen LogP contribution is -2.17. The van der Waals surface area contributed by atoms with Gasteiger partial charge in [-0.05, 0) is 35.4 Å². The van der Waals surface area contributed by atoms with Gasteiger partial charge in [-0.25, -0.2) is 10.4 Å². The summed E-state index contributed by atoms with van der Waals surface area (Å²) in [4.78, 5) is 16.8. The van der Waals surface area contributed by atoms with Crippen molar-refractivity contribution in [3.05, 3.63) is 95.6 Å². The van der Waals surface area contributed by atoms with E-state index in [2.05, 4.69) is 21.6 Å². The van der Waals surface area contributed by atoms with Crippen LogP contribution in [0.2, 0.25) is 0 Å². The number of hydrogen-bond donors (Lipinski definition) is 1. The fourth-order valence-electron chi connectivity index (χ4n) is 2.58. The van der Waals surface area contributed by atoms with Gasteiger partial charge in [0.25, 0.3) is 5.91 Å². The van der Waals surface area contributed by atoms with E-state index < -0.39 is 0 Å². The molecule has 0 radical (unpaired) electrons. The lowest BCUT2D eigenvalue weighted by molar-refractivity contribution is 0.0955. The maximum atomic E-state index is 12.2. The summed E-state index contributed by atoms with van der Waals surface area (Å²) in [6.45, 7) is 0. The molecule has 1 heterocycles. The van der Waals surface area contributed by atoms with Crippen molar-refractivity contribution in [3.8, 4) is 0 Å². The largest absolute Gasteiger partial charge is 0.271 e. The first-order valence-corrected chi connectivity index (χ1v) is 10.5. The summed E-state index contributed by atoms with van der Waals surface area (Å²) in [5, 5.41) is 4.00. The molecule has 0 aliphatic carbocycles. The topological polar surface area (TPSA) is 54.4 Å². The van der Waals surface area contributed by atoms with Crippen LogP contribution in [0.25, 0.3) is 10.2 Å². The number of thiazole rings is 1. The number of rotatable bonds is 6. The molecule has 3 aromatic carbocycles. The number of fused-ring (bicyclic) bond motifs is 1. The van der Waals surface area contributed by atoms with E-state index in [1.165, 1.54) is 4.70 Å². The first kappa shape index (κ1) is 18.4. The van der Waals surface area contributed by atoms with Crippen LogP contribution in [0.1, 0.15) is 21.5 Å². The fourth-order valence-corrected chi connectivity index (χ4v) is 4.60. The van der Waals surface area contributed by atoms with Gasteiger partial charge in [0, 0.05) is 11.3 Å². The monoisotopic (exact) mass is 403 g/mol. The summed E-state index contributed by atoms with van der Waals surface area (Å²) in [6.07, 6.45) is 1.63. The van der Waals surface area contributed by atoms with Crippen molar-refractivity contribution in [2.24, 2.45) is 5.10 Å². The van der Waals surface area contributed by atoms with Gasteiger partial charge in [0.1, 0.15) is 0 Å². The number of carbonyl (C=O) groups excluding carboxylic acids is 1. The van der Waals surface area contributed by atoms with Crippen molar-refractivity contribution in [2.75, 3.05) is 0 Å². The molecule has 0 unspecified atom stereocenters. The Balaban J connectivity index is 1.32. The number of thioether (sulfide) groups is 1. The number of hydrogen-bond acceptors (Lipinski definition) is 5. The smallest absolute Gasteiger partial charge is 0.267 e. The van der Waals surface area contributed by atoms with Gasteiger partial charge in [-0.15, -0.1) is 11.3 Å². The standard InChI is InChI=1S/C22H17N3OS2/c26-21(25-23-14-16-6-2-1-3-7-16)18-12-10-17(11-13-18)15-27-22-24-19-8-4-5-9-20(19)28-22/h1-14H,15H2,(H,25,26). The molecule has 0 aliphatic heterocycles. The molecule has 4 aromatic rings. The number of carbonyl (C=O) groups is 1. The maximum Gasteiger partial charge on any atom is 0.271 e. The average Bonchev–Trinajstić information content (AvgIpc) is 3.16. The Morgan fingerprint density at radius 1 is 1.00 bits per heavy atom. The van der Waals surface area contributed by atoms with E-state index in [9.17, 15) is 4.79 Å². The second-order valence-electron chi connectivity index (χ2n) is 6.04. The summed E-state index contributed by atoms with van der Waals surface area (Å²) < 4.78 is 2.26. The normalized spacial score (nSPS) is 11.1. The van der Waals surface area contributed by atoms with Gasteiger partial charge < -0.3 is 0 Å². The maximum absolute atomic E-state index is 12.2. The molecule has 0 atom stereocenters. The average molecular weight is 404 g/mol. The molecule has 0 saturated carbocycles. The molecule has 28 heavy (non-hydrogen) atoms. The molecule has 0 saturated heterocycles. The number of nitrogens with one attached hydrogen (secondary N) is 1. The van der Waals surface area contributed by atoms with Crippen molar-refractivity contribution in [2.45, 2.75) is 10.1 Å². The van der Waals surface area contributed by atoms with Crippen LogP contribution in [0.15, 0.2) is 88.3 Å². The number of amides is 1. The molecular formula is C22H17N3OS2. The summed E-state index contributed by atoms with van der Waals surface area (Å²) >= 11 is 3.41. The van der Waals surface area contributed by atoms with Crippen LogP contribution in [0.3, 0.4) is 0 Å². The second kappa shape index (κ2) is 8.82. The second-order valence-corrected chi connectivity index (χ2v) is 8.30. The third kappa shape index (κ3) is 4.65. The zero-order chi connectivity index (χ0) is 19.2. The summed E-state index contributed by atoms with van der Waals surface area (Å²) in [7, 11) is 0. The molecule has 0 bridgehead atoms. The van der Waals surface area contributed by atoms with Crippen molar-refractivity contribution < 1.29 is 4.79 Å². The van der Waals surface area contributed by atoms with E-state index in [0.717, 1.165) is 26.7 Å². The number of aromatic nitrogens is 1. The summed E-state index contributed by atoms with van der Waals surface area (Å²) in [5.74, 6) is 0.589. The van der Waals surface area contributed by atoms with E-state index in [4.69, 9.17) is 0 Å². The van der Waals surface area contributed by atoms with Crippen LogP contribution < -0.4 is 5.43 Å². The minimum absolute atomic E-state index is 0.224. The molecule has 0 spiro atoms. The Bertz CT molecular complexity index is 1070. The molecule has 6 heteroatoms. The first-order chi connectivity index (χ1) is 13.8. The van der Waals surface area contributed by atoms with Gasteiger partial charge in [0.05, 0.1) is 16.4 Å². The van der Waals surface area contributed by atoms with Crippen LogP contribution in [0, 0.1) is 0 Å². The van der Waals surface area contributed by atoms with Crippen LogP contribution in [0.4, 0.5) is 0 Å². The van der Waals surface area contributed by atoms with E-state index in [1.807, 2.05) is 72.8 Å². The van der Waals surface area contributed by atoms with E-state index >= 15 is 0 Å². The highest BCUT2D eigenvalue weighted by Gasteiger charge is 2.06. The Kier molecular flexibility index (Phi) is 5.80. The minimum Gasteiger partial charge on any atom is -0.267 e. The van der Waals surface area contributed by atoms with Crippen molar-refractivity contribution in [3.63, 3.8) is 0 Å². The molecule has 4 rings (SSSR count). The van der Waals surface area contributed by atoms with Gasteiger partial charge in [0.2, 0.25) is 0 Å². The Labute approximate surface area is 171 Å². The number of para-hydroxylation sites is 1. The zero-order valence-corrected chi connectivity index (χ0v) is 16.5. The van der Waals surface area contributed by atoms with Crippen LogP contribution in [-0.2, 0) is 5.75 Å². The predicted octanol–water partition coefficient (Wildman–Crippen LogP) is 5.35. The van der Waals surface area contributed by atoms with E-state index in [0.29, 0.717) is 5.56 Å². The van der Waals surface area contributed by atoms with Gasteiger partial charge >= 0.3 is 0 Å². The summed E-state index contributed by atoms with van der Waals surface area (Å²) in [6, 6.07) is 25.4. The van der Waals surface area contributed by atoms with Crippen LogP contribution in [0.5, 0.6) is 0 Å². The molecule has 1 aromatic heterocycles. The van der Waals surface area contributed by atoms with Gasteiger partial charge in [0.15, 0.2) is 4.34 Å². The Hall–Kier alpha value is -2.96. The van der Waals surface area contributed by atoms with Gasteiger partial charge in [-0.2, -0.15) is 5.10 Å². The van der Waals surface area contributed by atoms with Crippen LogP contribution in [-0.4, -0.2) is 17.1 Å². The highest BCUT2D eigenvalue weighted by atomic mass is 32.2. The predicted molar refractivity (Wildman–Crippen MR) is 117 cm³/mol. The third-order valence-corrected chi connectivity index (χ3v) is 6.28. The fraction of sp³-hybridized carbons (Fsp3) is 0.0455. The molecule has 138 valence electrons. The highest BCUT2D eigenvalue weighted by Crippen LogP contribution is 2.31. The van der Waals surface area contributed by atoms with Crippen LogP contribution >= 0.6 is 23.1 Å². The van der Waals surface area contributed by atoms with Gasteiger partial charge in [-0.1, -0.05) is 66.4 Å². The third-order valence-electron chi connectivity index (χ3n) is 4.03. The molecule has 0 aliphatic rings. The van der Waals surface area contributed by atoms with Crippen molar-refractivity contribution in [1.29, 1.82) is 0 Å². The van der Waals surface area contributed by atoms with E-state index in [-0.39, 0.29) is 5.91 Å². The Morgan fingerprint density at radius 3 is 2.54 bits per heavy atom. The van der Waals surface area contributed by atoms with Crippen molar-refractivity contribution >= 4 is 45.4 Å². The zero-order valence-electron chi connectivity index (χ0n) is 14.9. The molecule has 0 fully saturated rings. The van der Waals surface area contributed by atoms with E-state index in [1.54, 1.807) is 29.3 Å². The lowest BCUT2D eigenvalue weighted by Gasteiger charge is -2.02. The lowest BCUT2D eigenvalue weighted by atomic mass is 10.1.